The molecule has 0 atom stereocenters. The minimum Gasteiger partial charge on any atom is -0.263 e. The molecule has 0 amide bonds. The van der Waals surface area contributed by atoms with Gasteiger partial charge in [-0.05, 0) is 0 Å². The summed E-state index contributed by atoms with van der Waals surface area (Å²) >= 11 is 0. The van der Waals surface area contributed by atoms with Crippen LogP contribution in [0.1, 0.15) is 0 Å². The van der Waals surface area contributed by atoms with E-state index >= 15 is 0 Å². The summed E-state index contributed by atoms with van der Waals surface area (Å²) in [5, 5.41) is 8.76. The molecular weight excluding hydrogens is 84.0 g/mol. The number of hydroxylamine groups is 2. The average Bonchev–Trinajstić information content (AvgIpc) is 1.86. The van der Waals surface area contributed by atoms with E-state index in [0.717, 1.165) is 0 Å². The number of hydrogen-bond donors (Lipinski definition) is 1. The molecule has 0 spiro atoms. The van der Waals surface area contributed by atoms with Gasteiger partial charge in [0.2, 0.25) is 0 Å². The Bertz CT molecular complexity index is 71.9. The van der Waals surface area contributed by atoms with Gasteiger partial charge in [0.05, 0.1) is 0 Å². The third kappa shape index (κ3) is 0.474. The number of aliphatic imine (C=N–C) groups is 1. The normalized spacial score (nSPS) is 19.8. The molecule has 0 aromatic heterocycles. The zero-order valence-corrected chi connectivity index (χ0v) is 3.03. The van der Waals surface area contributed by atoms with Crippen LogP contribution >= 0.6 is 0 Å². The molecule has 0 radical (unpaired) electrons. The van der Waals surface area contributed by atoms with Gasteiger partial charge in [-0.2, -0.15) is 0 Å². The second-order valence-electron chi connectivity index (χ2n) is 0.859. The Balaban J connectivity index is 2.38. The largest absolute Gasteiger partial charge is 0.263 e. The Kier molecular flexibility index (Phi) is 0.736. The van der Waals surface area contributed by atoms with Gasteiger partial charge in [0, 0.05) is 0 Å². The summed E-state index contributed by atoms with van der Waals surface area (Å²) in [6, 6.07) is 0. The summed E-state index contributed by atoms with van der Waals surface area (Å²) in [4.78, 5) is 7.81. The molecule has 34 valence electrons. The third-order valence-corrected chi connectivity index (χ3v) is 0.445. The lowest BCUT2D eigenvalue weighted by molar-refractivity contribution is -0.265. The lowest BCUT2D eigenvalue weighted by atomic mass is 11.2. The topological polar surface area (TPSA) is 45.1 Å². The number of rotatable bonds is 0. The molecule has 0 aliphatic carbocycles. The van der Waals surface area contributed by atoms with Crippen molar-refractivity contribution in [2.75, 3.05) is 6.73 Å². The summed E-state index contributed by atoms with van der Waals surface area (Å²) in [7, 11) is 0. The lowest BCUT2D eigenvalue weighted by Crippen LogP contribution is -2.09. The maximum Gasteiger partial charge on any atom is 0.169 e. The van der Waals surface area contributed by atoms with Gasteiger partial charge in [0.25, 0.3) is 0 Å². The zero-order valence-electron chi connectivity index (χ0n) is 3.03. The summed E-state index contributed by atoms with van der Waals surface area (Å²) in [5.41, 5.74) is 0. The highest BCUT2D eigenvalue weighted by Gasteiger charge is 1.96. The Morgan fingerprint density at radius 2 is 2.83 bits per heavy atom. The van der Waals surface area contributed by atoms with Crippen LogP contribution < -0.4 is 0 Å². The summed E-state index contributed by atoms with van der Waals surface area (Å²) in [6.07, 6.45) is 1.19. The quantitative estimate of drug-likeness (QED) is 0.438. The van der Waals surface area contributed by atoms with Crippen LogP contribution in [0.15, 0.2) is 4.99 Å². The first-order valence-electron chi connectivity index (χ1n) is 1.50. The van der Waals surface area contributed by atoms with Crippen molar-refractivity contribution in [3.05, 3.63) is 0 Å². The maximum absolute atomic E-state index is 8.19. The highest BCUT2D eigenvalue weighted by atomic mass is 16.9. The minimum absolute atomic E-state index is 0.233. The first-order chi connectivity index (χ1) is 2.89. The van der Waals surface area contributed by atoms with Crippen molar-refractivity contribution in [1.82, 2.24) is 5.23 Å². The predicted molar refractivity (Wildman–Crippen MR) is 18.1 cm³/mol. The van der Waals surface area contributed by atoms with E-state index in [2.05, 4.69) is 9.83 Å². The smallest absolute Gasteiger partial charge is 0.169 e. The molecule has 0 fully saturated rings. The molecule has 6 heavy (non-hydrogen) atoms. The molecule has 0 saturated heterocycles. The fourth-order valence-electron chi connectivity index (χ4n) is 0.229. The van der Waals surface area contributed by atoms with Gasteiger partial charge >= 0.3 is 0 Å². The summed E-state index contributed by atoms with van der Waals surface area (Å²) in [5.74, 6) is 0. The highest BCUT2D eigenvalue weighted by molar-refractivity contribution is 5.52. The molecule has 0 unspecified atom stereocenters. The van der Waals surface area contributed by atoms with Crippen LogP contribution in [0.3, 0.4) is 0 Å². The highest BCUT2D eigenvalue weighted by Crippen LogP contribution is 1.86. The molecule has 1 N–H and O–H groups in total. The SMILES string of the molecule is ON1C=NCO1. The van der Waals surface area contributed by atoms with Gasteiger partial charge in [-0.3, -0.25) is 5.21 Å². The Labute approximate surface area is 34.6 Å². The van der Waals surface area contributed by atoms with E-state index in [9.17, 15) is 0 Å². The van der Waals surface area contributed by atoms with Crippen molar-refractivity contribution in [3.8, 4) is 0 Å². The fraction of sp³-hybridized carbons (Fsp3) is 0.500. The van der Waals surface area contributed by atoms with Gasteiger partial charge in [-0.25, -0.2) is 9.83 Å². The molecule has 0 aromatic rings. The summed E-state index contributed by atoms with van der Waals surface area (Å²) in [6.45, 7) is 0.233. The van der Waals surface area contributed by atoms with Gasteiger partial charge < -0.3 is 0 Å². The monoisotopic (exact) mass is 88.0 g/mol. The Morgan fingerprint density at radius 1 is 2.00 bits per heavy atom. The molecule has 0 bridgehead atoms. The van der Waals surface area contributed by atoms with E-state index < -0.39 is 0 Å². The first-order valence-corrected chi connectivity index (χ1v) is 1.50. The van der Waals surface area contributed by atoms with Crippen LogP contribution in [-0.4, -0.2) is 23.5 Å². The zero-order chi connectivity index (χ0) is 4.41. The van der Waals surface area contributed by atoms with E-state index in [1.54, 1.807) is 0 Å². The molecule has 4 nitrogen and oxygen atoms in total. The Morgan fingerprint density at radius 3 is 3.00 bits per heavy atom. The molecule has 0 saturated carbocycles. The van der Waals surface area contributed by atoms with Crippen molar-refractivity contribution in [2.45, 2.75) is 0 Å². The van der Waals surface area contributed by atoms with Crippen molar-refractivity contribution in [1.29, 1.82) is 0 Å². The lowest BCUT2D eigenvalue weighted by Gasteiger charge is -1.96. The second-order valence-corrected chi connectivity index (χ2v) is 0.859. The molecular formula is C2H4N2O2. The van der Waals surface area contributed by atoms with E-state index in [-0.39, 0.29) is 6.73 Å². The molecule has 4 heteroatoms. The van der Waals surface area contributed by atoms with E-state index in [0.29, 0.717) is 5.23 Å². The van der Waals surface area contributed by atoms with Crippen LogP contribution in [0, 0.1) is 0 Å². The number of hydrogen-bond acceptors (Lipinski definition) is 4. The van der Waals surface area contributed by atoms with E-state index in [1.165, 1.54) is 6.34 Å². The average molecular weight is 88.1 g/mol. The second kappa shape index (κ2) is 1.24. The van der Waals surface area contributed by atoms with Crippen LogP contribution in [0.5, 0.6) is 0 Å². The van der Waals surface area contributed by atoms with Crippen molar-refractivity contribution >= 4 is 6.34 Å². The standard InChI is InChI=1S/C2H4N2O2/c5-4-1-3-2-6-4/h1,5H,2H2. The molecule has 1 heterocycles. The van der Waals surface area contributed by atoms with E-state index in [1.807, 2.05) is 0 Å². The molecule has 1 aliphatic rings. The maximum atomic E-state index is 8.19. The number of nitrogens with zero attached hydrogens (tertiary/aromatic N) is 2. The van der Waals surface area contributed by atoms with Gasteiger partial charge in [0.15, 0.2) is 6.73 Å². The van der Waals surface area contributed by atoms with Crippen LogP contribution in [0.25, 0.3) is 0 Å². The first kappa shape index (κ1) is 3.58. The van der Waals surface area contributed by atoms with Crippen molar-refractivity contribution in [3.63, 3.8) is 0 Å². The Hall–Kier alpha value is -0.610. The summed E-state index contributed by atoms with van der Waals surface area (Å²) < 4.78 is 0. The fourth-order valence-corrected chi connectivity index (χ4v) is 0.229. The van der Waals surface area contributed by atoms with Crippen LogP contribution in [0.4, 0.5) is 0 Å². The predicted octanol–water partition coefficient (Wildman–Crippen LogP) is -0.391. The molecule has 1 aliphatic heterocycles. The molecule has 0 aromatic carbocycles. The van der Waals surface area contributed by atoms with Gasteiger partial charge in [-0.15, -0.1) is 5.23 Å². The van der Waals surface area contributed by atoms with Crippen LogP contribution in [0.2, 0.25) is 0 Å². The van der Waals surface area contributed by atoms with E-state index in [4.69, 9.17) is 5.21 Å². The van der Waals surface area contributed by atoms with Crippen molar-refractivity contribution in [2.24, 2.45) is 4.99 Å². The van der Waals surface area contributed by atoms with Crippen LogP contribution in [-0.2, 0) is 4.84 Å². The van der Waals surface area contributed by atoms with Gasteiger partial charge in [-0.1, -0.05) is 0 Å². The van der Waals surface area contributed by atoms with Crippen molar-refractivity contribution < 1.29 is 10.0 Å². The molecule has 1 rings (SSSR count). The third-order valence-electron chi connectivity index (χ3n) is 0.445. The minimum atomic E-state index is 0.233. The van der Waals surface area contributed by atoms with Gasteiger partial charge in [0.1, 0.15) is 6.34 Å².